The molecule has 0 aliphatic heterocycles. The van der Waals surface area contributed by atoms with Crippen LogP contribution in [0.5, 0.6) is 5.75 Å². The van der Waals surface area contributed by atoms with E-state index in [0.717, 1.165) is 5.56 Å². The number of carbonyl (C=O) groups is 2. The van der Waals surface area contributed by atoms with Crippen molar-refractivity contribution in [3.05, 3.63) is 52.8 Å². The molecule has 28 heavy (non-hydrogen) atoms. The van der Waals surface area contributed by atoms with Crippen molar-refractivity contribution in [2.24, 2.45) is 0 Å². The number of nitrogens with zero attached hydrogens (tertiary/aromatic N) is 2. The Hall–Kier alpha value is -3.27. The molecule has 0 unspecified atom stereocenters. The number of amides is 2. The van der Waals surface area contributed by atoms with Crippen LogP contribution in [0.3, 0.4) is 0 Å². The number of aryl methyl sites for hydroxylation is 1. The quantitative estimate of drug-likeness (QED) is 0.586. The highest BCUT2D eigenvalue weighted by Gasteiger charge is 2.16. The van der Waals surface area contributed by atoms with E-state index in [4.69, 9.17) is 9.26 Å². The number of thiophene rings is 1. The van der Waals surface area contributed by atoms with Crippen molar-refractivity contribution < 1.29 is 23.2 Å². The molecule has 0 radical (unpaired) electrons. The second-order valence-corrected chi connectivity index (χ2v) is 6.56. The Kier molecular flexibility index (Phi) is 6.33. The van der Waals surface area contributed by atoms with Gasteiger partial charge in [-0.3, -0.25) is 20.4 Å². The molecule has 3 aromatic rings. The third-order valence-electron chi connectivity index (χ3n) is 3.63. The van der Waals surface area contributed by atoms with E-state index in [-0.39, 0.29) is 12.8 Å². The van der Waals surface area contributed by atoms with E-state index in [1.54, 1.807) is 0 Å². The average Bonchev–Trinajstić information content (AvgIpc) is 3.37. The second-order valence-electron chi connectivity index (χ2n) is 5.78. The third kappa shape index (κ3) is 5.36. The van der Waals surface area contributed by atoms with E-state index < -0.39 is 23.7 Å². The molecule has 0 fully saturated rings. The third-order valence-corrected chi connectivity index (χ3v) is 4.32. The van der Waals surface area contributed by atoms with Crippen molar-refractivity contribution in [1.82, 2.24) is 21.0 Å². The Balaban J connectivity index is 1.40. The van der Waals surface area contributed by atoms with Gasteiger partial charge in [0.25, 0.3) is 5.91 Å². The zero-order valence-corrected chi connectivity index (χ0v) is 15.7. The number of ether oxygens (including phenoxy) is 1. The Morgan fingerprint density at radius 1 is 1.25 bits per heavy atom. The number of hydrogen-bond acceptors (Lipinski definition) is 7. The summed E-state index contributed by atoms with van der Waals surface area (Å²) in [5.74, 6) is -0.228. The highest BCUT2D eigenvalue weighted by molar-refractivity contribution is 7.08. The fraction of sp³-hybridized carbons (Fsp3) is 0.222. The molecule has 0 saturated heterocycles. The van der Waals surface area contributed by atoms with Gasteiger partial charge >= 0.3 is 0 Å². The molecular formula is C18H17FN4O4S. The predicted molar refractivity (Wildman–Crippen MR) is 98.7 cm³/mol. The lowest BCUT2D eigenvalue weighted by atomic mass is 10.3. The van der Waals surface area contributed by atoms with Gasteiger partial charge in [-0.15, -0.1) is 0 Å². The smallest absolute Gasteiger partial charge is 0.279 e. The Morgan fingerprint density at radius 3 is 2.75 bits per heavy atom. The zero-order valence-electron chi connectivity index (χ0n) is 14.8. The molecule has 0 spiro atoms. The van der Waals surface area contributed by atoms with Gasteiger partial charge in [0.2, 0.25) is 17.6 Å². The van der Waals surface area contributed by atoms with Gasteiger partial charge in [-0.05, 0) is 42.6 Å². The molecule has 1 atom stereocenters. The second kappa shape index (κ2) is 9.09. The minimum Gasteiger partial charge on any atom is -0.481 e. The van der Waals surface area contributed by atoms with Gasteiger partial charge in [-0.25, -0.2) is 4.39 Å². The SMILES string of the molecule is C[C@@H](Oc1ccc(F)cc1)C(=O)NNC(=O)CCc1nc(-c2ccsc2)no1. The van der Waals surface area contributed by atoms with Crippen LogP contribution in [-0.2, 0) is 16.0 Å². The van der Waals surface area contributed by atoms with Crippen molar-refractivity contribution in [3.8, 4) is 17.1 Å². The Bertz CT molecular complexity index is 927. The van der Waals surface area contributed by atoms with E-state index in [1.165, 1.54) is 42.5 Å². The maximum Gasteiger partial charge on any atom is 0.279 e. The minimum absolute atomic E-state index is 0.0543. The van der Waals surface area contributed by atoms with Crippen LogP contribution >= 0.6 is 11.3 Å². The molecule has 2 heterocycles. The molecule has 0 aliphatic rings. The number of benzene rings is 1. The first-order valence-corrected chi connectivity index (χ1v) is 9.31. The molecule has 0 aliphatic carbocycles. The van der Waals surface area contributed by atoms with E-state index in [1.807, 2.05) is 16.8 Å². The summed E-state index contributed by atoms with van der Waals surface area (Å²) in [5, 5.41) is 7.66. The summed E-state index contributed by atoms with van der Waals surface area (Å²) < 4.78 is 23.3. The van der Waals surface area contributed by atoms with Crippen molar-refractivity contribution >= 4 is 23.2 Å². The average molecular weight is 404 g/mol. The van der Waals surface area contributed by atoms with Crippen molar-refractivity contribution in [1.29, 1.82) is 0 Å². The first-order valence-electron chi connectivity index (χ1n) is 8.37. The largest absolute Gasteiger partial charge is 0.481 e. The highest BCUT2D eigenvalue weighted by atomic mass is 32.1. The molecule has 146 valence electrons. The summed E-state index contributed by atoms with van der Waals surface area (Å²) in [5.41, 5.74) is 5.42. The summed E-state index contributed by atoms with van der Waals surface area (Å²) >= 11 is 1.52. The predicted octanol–water partition coefficient (Wildman–Crippen LogP) is 2.48. The molecule has 1 aromatic carbocycles. The van der Waals surface area contributed by atoms with Crippen LogP contribution in [-0.4, -0.2) is 28.1 Å². The van der Waals surface area contributed by atoms with E-state index >= 15 is 0 Å². The molecule has 2 N–H and O–H groups in total. The summed E-state index contributed by atoms with van der Waals surface area (Å²) in [6, 6.07) is 7.14. The first kappa shape index (κ1) is 19.5. The molecule has 2 aromatic heterocycles. The normalized spacial score (nSPS) is 11.6. The number of halogens is 1. The van der Waals surface area contributed by atoms with Gasteiger partial charge < -0.3 is 9.26 Å². The van der Waals surface area contributed by atoms with Gasteiger partial charge in [0.05, 0.1) is 0 Å². The summed E-state index contributed by atoms with van der Waals surface area (Å²) in [7, 11) is 0. The molecule has 2 amide bonds. The lowest BCUT2D eigenvalue weighted by molar-refractivity contribution is -0.132. The Labute approximate surface area is 163 Å². The van der Waals surface area contributed by atoms with Crippen LogP contribution < -0.4 is 15.6 Å². The number of nitrogens with one attached hydrogen (secondary N) is 2. The van der Waals surface area contributed by atoms with Crippen LogP contribution in [0.1, 0.15) is 19.2 Å². The molecule has 10 heteroatoms. The van der Waals surface area contributed by atoms with Gasteiger partial charge in [0.15, 0.2) is 6.10 Å². The van der Waals surface area contributed by atoms with Crippen LogP contribution in [0.2, 0.25) is 0 Å². The zero-order chi connectivity index (χ0) is 19.9. The van der Waals surface area contributed by atoms with Crippen LogP contribution in [0.4, 0.5) is 4.39 Å². The Morgan fingerprint density at radius 2 is 2.04 bits per heavy atom. The van der Waals surface area contributed by atoms with E-state index in [2.05, 4.69) is 21.0 Å². The molecule has 3 rings (SSSR count). The van der Waals surface area contributed by atoms with Gasteiger partial charge in [0, 0.05) is 23.8 Å². The minimum atomic E-state index is -0.880. The lowest BCUT2D eigenvalue weighted by Crippen LogP contribution is -2.47. The summed E-state index contributed by atoms with van der Waals surface area (Å²) in [6.07, 6.45) is -0.589. The monoisotopic (exact) mass is 404 g/mol. The van der Waals surface area contributed by atoms with Crippen LogP contribution in [0, 0.1) is 5.82 Å². The van der Waals surface area contributed by atoms with Gasteiger partial charge in [-0.2, -0.15) is 16.3 Å². The number of hydrazine groups is 1. The van der Waals surface area contributed by atoms with Gasteiger partial charge in [0.1, 0.15) is 11.6 Å². The summed E-state index contributed by atoms with van der Waals surface area (Å²) in [4.78, 5) is 28.1. The molecule has 0 bridgehead atoms. The fourth-order valence-electron chi connectivity index (χ4n) is 2.15. The van der Waals surface area contributed by atoms with Gasteiger partial charge in [-0.1, -0.05) is 5.16 Å². The standard InChI is InChI=1S/C18H17FN4O4S/c1-11(26-14-4-2-13(19)3-5-14)18(25)22-21-15(24)6-7-16-20-17(23-27-16)12-8-9-28-10-12/h2-5,8-11H,6-7H2,1H3,(H,21,24)(H,22,25)/t11-/m1/s1. The molecular weight excluding hydrogens is 387 g/mol. The van der Waals surface area contributed by atoms with Crippen molar-refractivity contribution in [3.63, 3.8) is 0 Å². The maximum atomic E-state index is 12.9. The lowest BCUT2D eigenvalue weighted by Gasteiger charge is -2.15. The van der Waals surface area contributed by atoms with Crippen molar-refractivity contribution in [2.75, 3.05) is 0 Å². The highest BCUT2D eigenvalue weighted by Crippen LogP contribution is 2.19. The number of carbonyl (C=O) groups excluding carboxylic acids is 2. The van der Waals surface area contributed by atoms with E-state index in [9.17, 15) is 14.0 Å². The maximum absolute atomic E-state index is 12.9. The molecule has 8 nitrogen and oxygen atoms in total. The number of rotatable bonds is 7. The fourth-order valence-corrected chi connectivity index (χ4v) is 2.79. The number of hydrogen-bond donors (Lipinski definition) is 2. The van der Waals surface area contributed by atoms with Crippen LogP contribution in [0.15, 0.2) is 45.6 Å². The van der Waals surface area contributed by atoms with Crippen LogP contribution in [0.25, 0.3) is 11.4 Å². The van der Waals surface area contributed by atoms with E-state index in [0.29, 0.717) is 17.5 Å². The summed E-state index contributed by atoms with van der Waals surface area (Å²) in [6.45, 7) is 1.51. The topological polar surface area (TPSA) is 106 Å². The molecule has 0 saturated carbocycles. The number of aromatic nitrogens is 2. The first-order chi connectivity index (χ1) is 13.5. The van der Waals surface area contributed by atoms with Crippen molar-refractivity contribution in [2.45, 2.75) is 25.9 Å².